The Balaban J connectivity index is 1.61. The summed E-state index contributed by atoms with van der Waals surface area (Å²) in [6.07, 6.45) is 5.67. The summed E-state index contributed by atoms with van der Waals surface area (Å²) in [5.74, 6) is 1.63. The van der Waals surface area contributed by atoms with Gasteiger partial charge in [-0.3, -0.25) is 9.69 Å². The van der Waals surface area contributed by atoms with Crippen molar-refractivity contribution in [1.29, 1.82) is 0 Å². The van der Waals surface area contributed by atoms with Gasteiger partial charge in [-0.2, -0.15) is 0 Å². The van der Waals surface area contributed by atoms with Crippen LogP contribution in [0.1, 0.15) is 25.7 Å². The number of carbonyl (C=O) groups excluding carboxylic acids is 1. The van der Waals surface area contributed by atoms with E-state index in [1.54, 1.807) is 6.33 Å². The molecule has 1 atom stereocenters. The zero-order chi connectivity index (χ0) is 15.5. The van der Waals surface area contributed by atoms with Crippen LogP contribution >= 0.6 is 0 Å². The number of anilines is 2. The van der Waals surface area contributed by atoms with Crippen LogP contribution in [0.15, 0.2) is 12.4 Å². The summed E-state index contributed by atoms with van der Waals surface area (Å²) in [5.41, 5.74) is 5.53. The lowest BCUT2D eigenvalue weighted by molar-refractivity contribution is -0.123. The maximum absolute atomic E-state index is 11.6. The van der Waals surface area contributed by atoms with Crippen LogP contribution in [0, 0.1) is 0 Å². The van der Waals surface area contributed by atoms with Crippen molar-refractivity contribution >= 4 is 17.5 Å². The van der Waals surface area contributed by atoms with Gasteiger partial charge in [-0.05, 0) is 32.2 Å². The molecule has 2 aliphatic rings. The second kappa shape index (κ2) is 6.48. The van der Waals surface area contributed by atoms with Gasteiger partial charge in [-0.15, -0.1) is 0 Å². The molecule has 0 aromatic carbocycles. The number of likely N-dealkylation sites (tertiary alicyclic amines) is 1. The lowest BCUT2D eigenvalue weighted by Crippen LogP contribution is -2.50. The van der Waals surface area contributed by atoms with Crippen molar-refractivity contribution in [3.63, 3.8) is 0 Å². The Morgan fingerprint density at radius 1 is 1.27 bits per heavy atom. The molecule has 1 unspecified atom stereocenters. The van der Waals surface area contributed by atoms with E-state index < -0.39 is 0 Å². The molecule has 7 nitrogen and oxygen atoms in total. The highest BCUT2D eigenvalue weighted by Gasteiger charge is 2.35. The van der Waals surface area contributed by atoms with Crippen molar-refractivity contribution in [1.82, 2.24) is 14.9 Å². The Kier molecular flexibility index (Phi) is 4.42. The van der Waals surface area contributed by atoms with E-state index in [2.05, 4.69) is 25.1 Å². The zero-order valence-corrected chi connectivity index (χ0v) is 13.0. The number of nitrogens with two attached hydrogens (primary N) is 1. The first-order valence-corrected chi connectivity index (χ1v) is 7.99. The molecule has 3 N–H and O–H groups in total. The lowest BCUT2D eigenvalue weighted by Gasteiger charge is -2.39. The minimum atomic E-state index is -0.172. The molecule has 0 spiro atoms. The van der Waals surface area contributed by atoms with E-state index in [1.807, 2.05) is 13.1 Å². The van der Waals surface area contributed by atoms with Crippen LogP contribution in [-0.2, 0) is 4.79 Å². The topological polar surface area (TPSA) is 87.4 Å². The van der Waals surface area contributed by atoms with Crippen molar-refractivity contribution < 1.29 is 4.79 Å². The number of hydrogen-bond donors (Lipinski definition) is 2. The lowest BCUT2D eigenvalue weighted by atomic mass is 10.0. The van der Waals surface area contributed by atoms with Crippen LogP contribution in [0.4, 0.5) is 11.6 Å². The van der Waals surface area contributed by atoms with E-state index in [-0.39, 0.29) is 11.9 Å². The number of primary amides is 1. The molecule has 3 rings (SSSR count). The summed E-state index contributed by atoms with van der Waals surface area (Å²) >= 11 is 0. The standard InChI is InChI=1S/C15H24N6O/c1-17-13-9-14(19-10-18-13)20-7-4-11(5-8-20)21-6-2-3-12(21)15(16)22/h9-12H,2-8H2,1H3,(H2,16,22)(H,17,18,19). The molecule has 22 heavy (non-hydrogen) atoms. The summed E-state index contributed by atoms with van der Waals surface area (Å²) < 4.78 is 0. The molecule has 7 heteroatoms. The highest BCUT2D eigenvalue weighted by Crippen LogP contribution is 2.27. The molecule has 0 bridgehead atoms. The average Bonchev–Trinajstić information content (AvgIpc) is 3.05. The van der Waals surface area contributed by atoms with Crippen molar-refractivity contribution in [2.45, 2.75) is 37.8 Å². The number of amides is 1. The molecule has 1 aromatic heterocycles. The first-order valence-electron chi connectivity index (χ1n) is 7.99. The largest absolute Gasteiger partial charge is 0.373 e. The van der Waals surface area contributed by atoms with Gasteiger partial charge < -0.3 is 16.0 Å². The van der Waals surface area contributed by atoms with E-state index in [4.69, 9.17) is 5.73 Å². The smallest absolute Gasteiger partial charge is 0.234 e. The zero-order valence-electron chi connectivity index (χ0n) is 13.0. The van der Waals surface area contributed by atoms with Crippen molar-refractivity contribution in [2.75, 3.05) is 36.9 Å². The first kappa shape index (κ1) is 15.0. The van der Waals surface area contributed by atoms with Gasteiger partial charge in [0.25, 0.3) is 0 Å². The quantitative estimate of drug-likeness (QED) is 0.839. The SMILES string of the molecule is CNc1cc(N2CCC(N3CCCC3C(N)=O)CC2)ncn1. The molecule has 0 aliphatic carbocycles. The fourth-order valence-electron chi connectivity index (χ4n) is 3.61. The Hall–Kier alpha value is -1.89. The predicted octanol–water partition coefficient (Wildman–Crippen LogP) is 0.437. The summed E-state index contributed by atoms with van der Waals surface area (Å²) in [6, 6.07) is 2.37. The van der Waals surface area contributed by atoms with Crippen molar-refractivity contribution in [2.24, 2.45) is 5.73 Å². The number of aromatic nitrogens is 2. The monoisotopic (exact) mass is 304 g/mol. The van der Waals surface area contributed by atoms with E-state index in [9.17, 15) is 4.79 Å². The molecule has 3 heterocycles. The highest BCUT2D eigenvalue weighted by molar-refractivity contribution is 5.80. The van der Waals surface area contributed by atoms with Crippen LogP contribution in [0.25, 0.3) is 0 Å². The number of nitrogens with zero attached hydrogens (tertiary/aromatic N) is 4. The Bertz CT molecular complexity index is 529. The van der Waals surface area contributed by atoms with E-state index in [0.717, 1.165) is 57.0 Å². The summed E-state index contributed by atoms with van der Waals surface area (Å²) in [7, 11) is 1.86. The van der Waals surface area contributed by atoms with E-state index in [0.29, 0.717) is 6.04 Å². The second-order valence-electron chi connectivity index (χ2n) is 6.03. The van der Waals surface area contributed by atoms with Crippen LogP contribution in [0.5, 0.6) is 0 Å². The maximum atomic E-state index is 11.6. The molecule has 0 saturated carbocycles. The third-order valence-corrected chi connectivity index (χ3v) is 4.79. The van der Waals surface area contributed by atoms with Crippen LogP contribution in [0.2, 0.25) is 0 Å². The van der Waals surface area contributed by atoms with Crippen molar-refractivity contribution in [3.8, 4) is 0 Å². The van der Waals surface area contributed by atoms with Crippen LogP contribution in [-0.4, -0.2) is 59.5 Å². The maximum Gasteiger partial charge on any atom is 0.234 e. The fraction of sp³-hybridized carbons (Fsp3) is 0.667. The molecule has 1 amide bonds. The van der Waals surface area contributed by atoms with Gasteiger partial charge in [0.2, 0.25) is 5.91 Å². The molecule has 2 aliphatic heterocycles. The number of hydrogen-bond acceptors (Lipinski definition) is 6. The second-order valence-corrected chi connectivity index (χ2v) is 6.03. The molecule has 2 saturated heterocycles. The van der Waals surface area contributed by atoms with Crippen LogP contribution in [0.3, 0.4) is 0 Å². The third-order valence-electron chi connectivity index (χ3n) is 4.79. The van der Waals surface area contributed by atoms with Gasteiger partial charge in [-0.25, -0.2) is 9.97 Å². The minimum absolute atomic E-state index is 0.0634. The first-order chi connectivity index (χ1) is 10.7. The summed E-state index contributed by atoms with van der Waals surface area (Å²) in [5, 5.41) is 3.04. The molecule has 0 radical (unpaired) electrons. The van der Waals surface area contributed by atoms with Gasteiger partial charge >= 0.3 is 0 Å². The number of carbonyl (C=O) groups is 1. The Labute approximate surface area is 130 Å². The summed E-state index contributed by atoms with van der Waals surface area (Å²) in [4.78, 5) is 24.7. The average molecular weight is 304 g/mol. The number of nitrogens with one attached hydrogen (secondary N) is 1. The van der Waals surface area contributed by atoms with Crippen LogP contribution < -0.4 is 16.0 Å². The Morgan fingerprint density at radius 2 is 2.05 bits per heavy atom. The number of piperidine rings is 1. The van der Waals surface area contributed by atoms with Gasteiger partial charge in [0.05, 0.1) is 6.04 Å². The normalized spacial score (nSPS) is 23.7. The van der Waals surface area contributed by atoms with E-state index in [1.165, 1.54) is 0 Å². The van der Waals surface area contributed by atoms with Gasteiger partial charge in [0.15, 0.2) is 0 Å². The molecular weight excluding hydrogens is 280 g/mol. The Morgan fingerprint density at radius 3 is 2.73 bits per heavy atom. The molecule has 2 fully saturated rings. The molecule has 1 aromatic rings. The third kappa shape index (κ3) is 2.99. The van der Waals surface area contributed by atoms with Gasteiger partial charge in [0, 0.05) is 32.2 Å². The fourth-order valence-corrected chi connectivity index (χ4v) is 3.61. The summed E-state index contributed by atoms with van der Waals surface area (Å²) in [6.45, 7) is 2.90. The van der Waals surface area contributed by atoms with Gasteiger partial charge in [-0.1, -0.05) is 0 Å². The van der Waals surface area contributed by atoms with Gasteiger partial charge in [0.1, 0.15) is 18.0 Å². The molecule has 120 valence electrons. The van der Waals surface area contributed by atoms with Crippen molar-refractivity contribution in [3.05, 3.63) is 12.4 Å². The minimum Gasteiger partial charge on any atom is -0.373 e. The predicted molar refractivity (Wildman–Crippen MR) is 85.7 cm³/mol. The van der Waals surface area contributed by atoms with E-state index >= 15 is 0 Å². The number of rotatable bonds is 4. The highest BCUT2D eigenvalue weighted by atomic mass is 16.1. The molecular formula is C15H24N6O.